The number of benzene rings is 5. The zero-order valence-corrected chi connectivity index (χ0v) is 56.9. The smallest absolute Gasteiger partial charge is 0.201 e. The van der Waals surface area contributed by atoms with E-state index in [4.69, 9.17) is 20.6 Å². The Kier molecular flexibility index (Phi) is 16.5. The van der Waals surface area contributed by atoms with Crippen LogP contribution >= 0.6 is 0 Å². The van der Waals surface area contributed by atoms with Crippen LogP contribution in [0.4, 0.5) is 0 Å². The molecule has 5 nitrogen and oxygen atoms in total. The molecule has 10 rings (SSSR count). The van der Waals surface area contributed by atoms with Crippen molar-refractivity contribution in [1.29, 1.82) is 0 Å². The first-order valence-electron chi connectivity index (χ1n) is 37.7. The molecule has 0 atom stereocenters. The number of nitrogens with zero attached hydrogens (tertiary/aromatic N) is 5. The summed E-state index contributed by atoms with van der Waals surface area (Å²) in [6.45, 7) is 25.9. The third kappa shape index (κ3) is 16.3. The molecule has 0 unspecified atom stereocenters. The van der Waals surface area contributed by atoms with Gasteiger partial charge in [0, 0.05) is 101 Å². The summed E-state index contributed by atoms with van der Waals surface area (Å²) in [7, 11) is 9.74. The van der Waals surface area contributed by atoms with Crippen molar-refractivity contribution in [2.24, 2.45) is 35.2 Å². The Morgan fingerprint density at radius 3 is 0.875 bits per heavy atom. The largest absolute Gasteiger partial charge is 0.213 e. The SMILES string of the molecule is Cc1cc(-c2cccc(C)c2C)[n+](C)cc1C.Cc1cc(C)c(-c2cc(C)c(C)c[n+]2C)cc1C.[2H]C([2H])([2H])c1c[n+](C)c(-c2cccc(C)c2C)cc1C.[2H]C([2H])([2H])c1cc(C)c(-c2cc(C)c(C([2H])([2H])[2H])c[n+]2C)c(C)c1.[2H]C([2H])([2H])c1cc(C)c(-c2cc(C)c(C([2H])([2H])[2H])c[n+]2C)cc1C. The van der Waals surface area contributed by atoms with E-state index >= 15 is 0 Å². The van der Waals surface area contributed by atoms with Crippen LogP contribution in [0.15, 0.2) is 134 Å². The Balaban J connectivity index is 0.000000203. The summed E-state index contributed by atoms with van der Waals surface area (Å²) in [5, 5.41) is 0. The predicted molar refractivity (Wildman–Crippen MR) is 374 cm³/mol. The lowest BCUT2D eigenvalue weighted by molar-refractivity contribution is -0.660. The number of rotatable bonds is 5. The molecule has 0 aliphatic rings. The molecule has 0 saturated heterocycles. The van der Waals surface area contributed by atoms with E-state index in [1.165, 1.54) is 83.7 Å². The molecule has 5 aromatic heterocycles. The highest BCUT2D eigenvalue weighted by molar-refractivity contribution is 5.68. The molecule has 88 heavy (non-hydrogen) atoms. The molecule has 5 heteroatoms. The van der Waals surface area contributed by atoms with Crippen molar-refractivity contribution >= 4 is 0 Å². The van der Waals surface area contributed by atoms with Gasteiger partial charge in [0.25, 0.3) is 0 Å². The molecule has 0 bridgehead atoms. The molecule has 5 aromatic carbocycles. The van der Waals surface area contributed by atoms with Crippen molar-refractivity contribution in [1.82, 2.24) is 0 Å². The maximum absolute atomic E-state index is 7.62. The molecule has 0 N–H and O–H groups in total. The van der Waals surface area contributed by atoms with Gasteiger partial charge in [-0.2, -0.15) is 0 Å². The highest BCUT2D eigenvalue weighted by Crippen LogP contribution is 2.30. The summed E-state index contributed by atoms with van der Waals surface area (Å²) >= 11 is 0. The van der Waals surface area contributed by atoms with Crippen LogP contribution in [0, 0.1) is 159 Å². The van der Waals surface area contributed by atoms with Crippen LogP contribution in [0.2, 0.25) is 0 Å². The first-order valence-corrected chi connectivity index (χ1v) is 30.2. The molecule has 5 heterocycles. The number of hydrogen-bond acceptors (Lipinski definition) is 0. The van der Waals surface area contributed by atoms with Gasteiger partial charge >= 0.3 is 0 Å². The Labute approximate surface area is 553 Å². The Morgan fingerprint density at radius 1 is 0.227 bits per heavy atom. The number of aromatic nitrogens is 5. The third-order valence-corrected chi connectivity index (χ3v) is 17.4. The van der Waals surface area contributed by atoms with Crippen LogP contribution in [-0.2, 0) is 35.2 Å². The number of aryl methyl sites for hydroxylation is 26. The normalized spacial score (nSPS) is 14.0. The highest BCUT2D eigenvalue weighted by Gasteiger charge is 2.21. The quantitative estimate of drug-likeness (QED) is 0.153. The van der Waals surface area contributed by atoms with Crippen LogP contribution in [0.25, 0.3) is 56.3 Å². The maximum Gasteiger partial charge on any atom is 0.213 e. The fourth-order valence-corrected chi connectivity index (χ4v) is 11.1. The van der Waals surface area contributed by atoms with Crippen LogP contribution in [0.3, 0.4) is 0 Å². The van der Waals surface area contributed by atoms with Crippen molar-refractivity contribution in [3.63, 3.8) is 0 Å². The van der Waals surface area contributed by atoms with E-state index in [0.29, 0.717) is 44.5 Å². The molecular weight excluding hydrogens is 1070 g/mol. The summed E-state index contributed by atoms with van der Waals surface area (Å²) in [5.41, 5.74) is 32.8. The average Bonchev–Trinajstić information content (AvgIpc) is 0.781. The molecule has 10 aromatic rings. The van der Waals surface area contributed by atoms with Crippen LogP contribution in [-0.4, -0.2) is 0 Å². The summed E-state index contributed by atoms with van der Waals surface area (Å²) in [6.07, 6.45) is 9.39. The first-order chi connectivity index (χ1) is 47.3. The molecule has 0 amide bonds. The molecular formula is C83H106N5+5. The minimum Gasteiger partial charge on any atom is -0.201 e. The van der Waals surface area contributed by atoms with Gasteiger partial charge in [-0.1, -0.05) is 54.1 Å². The van der Waals surface area contributed by atoms with Crippen molar-refractivity contribution < 1.29 is 43.4 Å². The Hall–Kier alpha value is -8.15. The molecule has 0 radical (unpaired) electrons. The van der Waals surface area contributed by atoms with Gasteiger partial charge in [-0.3, -0.25) is 0 Å². The lowest BCUT2D eigenvalue weighted by atomic mass is 9.95. The minimum atomic E-state index is -2.16. The number of pyridine rings is 5. The minimum absolute atomic E-state index is 0.319. The zero-order valence-electron chi connectivity index (χ0n) is 71.9. The summed E-state index contributed by atoms with van der Waals surface area (Å²) < 4.78 is 124. The predicted octanol–water partition coefficient (Wildman–Crippen LogP) is 18.0. The van der Waals surface area contributed by atoms with Gasteiger partial charge in [0.1, 0.15) is 35.2 Å². The zero-order chi connectivity index (χ0) is 78.0. The molecule has 0 fully saturated rings. The van der Waals surface area contributed by atoms with Crippen molar-refractivity contribution in [2.75, 3.05) is 0 Å². The monoisotopic (exact) mass is 1190 g/mol. The second kappa shape index (κ2) is 29.2. The van der Waals surface area contributed by atoms with E-state index in [0.717, 1.165) is 56.0 Å². The van der Waals surface area contributed by atoms with Crippen molar-refractivity contribution in [2.45, 2.75) is 159 Å². The first kappa shape index (κ1) is 49.8. The molecule has 0 saturated carbocycles. The van der Waals surface area contributed by atoms with Gasteiger partial charge in [0.05, 0.1) is 5.56 Å². The van der Waals surface area contributed by atoms with E-state index in [1.807, 2.05) is 69.6 Å². The van der Waals surface area contributed by atoms with Crippen molar-refractivity contribution in [3.8, 4) is 56.3 Å². The fourth-order valence-electron chi connectivity index (χ4n) is 11.1. The van der Waals surface area contributed by atoms with E-state index < -0.39 is 34.3 Å². The van der Waals surface area contributed by atoms with Gasteiger partial charge in [-0.05, 0) is 278 Å². The summed E-state index contributed by atoms with van der Waals surface area (Å²) in [4.78, 5) is 0. The standard InChI is InChI=1S/3C17H22N.2C16H20N/c2*1-11-7-14(4)16(8-12(11)2)17-9-13(3)15(5)10-18(17)6;1-11-7-13(3)17(14(4)8-11)16-9-12(2)15(5)10-18(16)6;2*1-11-7-6-8-15(14(11)4)16-9-12(2)13(3)10-17(16)5/h3*7-10H,1-6H3;2*6-10H,1-5H3/q5*+1/i1D3,5D3;;1D3,5D3;3D3;. The third-order valence-electron chi connectivity index (χ3n) is 17.4. The molecule has 0 aliphatic heterocycles. The second-order valence-electron chi connectivity index (χ2n) is 24.6. The van der Waals surface area contributed by atoms with Crippen LogP contribution < -0.4 is 22.8 Å². The summed E-state index contributed by atoms with van der Waals surface area (Å²) in [6, 6.07) is 34.4. The Morgan fingerprint density at radius 2 is 0.511 bits per heavy atom. The van der Waals surface area contributed by atoms with E-state index in [1.54, 1.807) is 80.8 Å². The van der Waals surface area contributed by atoms with Gasteiger partial charge in [-0.15, -0.1) is 0 Å². The van der Waals surface area contributed by atoms with Gasteiger partial charge in [-0.25, -0.2) is 22.8 Å². The van der Waals surface area contributed by atoms with Crippen LogP contribution in [0.5, 0.6) is 0 Å². The van der Waals surface area contributed by atoms with E-state index in [2.05, 4.69) is 166 Å². The fraction of sp³-hybridized carbons (Fsp3) is 0.337. The highest BCUT2D eigenvalue weighted by atomic mass is 14.9. The number of hydrogen-bond donors (Lipinski definition) is 0. The molecule has 0 aliphatic carbocycles. The van der Waals surface area contributed by atoms with Gasteiger partial charge in [0.2, 0.25) is 28.5 Å². The van der Waals surface area contributed by atoms with E-state index in [9.17, 15) is 0 Å². The van der Waals surface area contributed by atoms with Crippen LogP contribution in [0.1, 0.15) is 149 Å². The van der Waals surface area contributed by atoms with Crippen molar-refractivity contribution in [3.05, 3.63) is 262 Å². The summed E-state index contributed by atoms with van der Waals surface area (Å²) in [5.74, 6) is 0. The lowest BCUT2D eigenvalue weighted by Gasteiger charge is -2.11. The lowest BCUT2D eigenvalue weighted by Crippen LogP contribution is -2.31. The van der Waals surface area contributed by atoms with E-state index in [-0.39, 0.29) is 0 Å². The average molecular weight is 1190 g/mol. The van der Waals surface area contributed by atoms with Gasteiger partial charge < -0.3 is 0 Å². The second-order valence-corrected chi connectivity index (χ2v) is 24.6. The topological polar surface area (TPSA) is 19.4 Å². The Bertz CT molecular complexity index is 4670. The maximum atomic E-state index is 7.62. The molecule has 458 valence electrons. The van der Waals surface area contributed by atoms with Gasteiger partial charge in [0.15, 0.2) is 31.0 Å². The molecule has 0 spiro atoms.